The molecule has 0 unspecified atom stereocenters. The molecule has 0 bridgehead atoms. The number of hydrogen-bond acceptors (Lipinski definition) is 4. The monoisotopic (exact) mass is 251 g/mol. The summed E-state index contributed by atoms with van der Waals surface area (Å²) in [5, 5.41) is 5.59. The maximum absolute atomic E-state index is 12.5. The van der Waals surface area contributed by atoms with Crippen molar-refractivity contribution in [3.63, 3.8) is 0 Å². The van der Waals surface area contributed by atoms with Crippen molar-refractivity contribution in [3.8, 4) is 0 Å². The minimum Gasteiger partial charge on any atom is -0.352 e. The fourth-order valence-electron chi connectivity index (χ4n) is 1.27. The summed E-state index contributed by atoms with van der Waals surface area (Å²) in [6, 6.07) is 2.57. The van der Waals surface area contributed by atoms with Gasteiger partial charge in [-0.1, -0.05) is 0 Å². The fourth-order valence-corrected chi connectivity index (χ4v) is 1.89. The Balaban J connectivity index is 1.83. The summed E-state index contributed by atoms with van der Waals surface area (Å²) >= 11 is 1.55. The summed E-state index contributed by atoms with van der Waals surface area (Å²) < 4.78 is 12.5. The molecule has 0 saturated heterocycles. The molecule has 2 heterocycles. The third kappa shape index (κ3) is 3.32. The first kappa shape index (κ1) is 11.7. The summed E-state index contributed by atoms with van der Waals surface area (Å²) in [7, 11) is 0. The number of hydrogen-bond donors (Lipinski definition) is 1. The van der Waals surface area contributed by atoms with Crippen LogP contribution in [0.15, 0.2) is 29.9 Å². The van der Waals surface area contributed by atoms with Gasteiger partial charge in [0.05, 0.1) is 10.6 Å². The quantitative estimate of drug-likeness (QED) is 0.841. The van der Waals surface area contributed by atoms with Gasteiger partial charge in [0, 0.05) is 30.7 Å². The molecule has 0 aliphatic carbocycles. The summed E-state index contributed by atoms with van der Waals surface area (Å²) in [6.07, 6.45) is 3.64. The van der Waals surface area contributed by atoms with Gasteiger partial charge in [-0.25, -0.2) is 9.97 Å². The van der Waals surface area contributed by atoms with Crippen LogP contribution in [0.5, 0.6) is 0 Å². The van der Waals surface area contributed by atoms with Gasteiger partial charge in [0.25, 0.3) is 5.91 Å². The van der Waals surface area contributed by atoms with E-state index >= 15 is 0 Å². The second kappa shape index (κ2) is 5.49. The Morgan fingerprint density at radius 1 is 1.41 bits per heavy atom. The van der Waals surface area contributed by atoms with Gasteiger partial charge in [-0.3, -0.25) is 4.79 Å². The molecule has 2 aromatic rings. The van der Waals surface area contributed by atoms with Gasteiger partial charge >= 0.3 is 0 Å². The molecule has 0 aliphatic rings. The van der Waals surface area contributed by atoms with Gasteiger partial charge in [0.2, 0.25) is 5.95 Å². The largest absolute Gasteiger partial charge is 0.352 e. The Hall–Kier alpha value is -1.82. The standard InChI is InChI=1S/C11H10FN3OS/c12-9-2-1-8(7-15-9)11(16)14-4-3-10-13-5-6-17-10/h1-2,5-7H,3-4H2,(H,14,16). The van der Waals surface area contributed by atoms with E-state index in [0.717, 1.165) is 11.1 Å². The summed E-state index contributed by atoms with van der Waals surface area (Å²) in [4.78, 5) is 19.1. The molecule has 2 rings (SSSR count). The van der Waals surface area contributed by atoms with Crippen LogP contribution < -0.4 is 5.32 Å². The lowest BCUT2D eigenvalue weighted by Crippen LogP contribution is -2.25. The maximum atomic E-state index is 12.5. The van der Waals surface area contributed by atoms with E-state index in [4.69, 9.17) is 0 Å². The average Bonchev–Trinajstić information content (AvgIpc) is 2.83. The zero-order valence-electron chi connectivity index (χ0n) is 8.89. The molecule has 88 valence electrons. The maximum Gasteiger partial charge on any atom is 0.252 e. The lowest BCUT2D eigenvalue weighted by molar-refractivity contribution is 0.0953. The molecule has 0 radical (unpaired) electrons. The Morgan fingerprint density at radius 3 is 2.94 bits per heavy atom. The van der Waals surface area contributed by atoms with E-state index in [0.29, 0.717) is 18.5 Å². The highest BCUT2D eigenvalue weighted by Crippen LogP contribution is 2.04. The Bertz CT molecular complexity index is 484. The molecule has 0 atom stereocenters. The number of amides is 1. The van der Waals surface area contributed by atoms with E-state index in [-0.39, 0.29) is 5.91 Å². The SMILES string of the molecule is O=C(NCCc1nccs1)c1ccc(F)nc1. The van der Waals surface area contributed by atoms with Crippen molar-refractivity contribution in [2.24, 2.45) is 0 Å². The van der Waals surface area contributed by atoms with Crippen LogP contribution in [0, 0.1) is 5.95 Å². The van der Waals surface area contributed by atoms with Crippen molar-refractivity contribution in [2.75, 3.05) is 6.54 Å². The third-order valence-corrected chi connectivity index (χ3v) is 2.94. The predicted octanol–water partition coefficient (Wildman–Crippen LogP) is 1.65. The lowest BCUT2D eigenvalue weighted by atomic mass is 10.2. The van der Waals surface area contributed by atoms with Gasteiger partial charge in [-0.15, -0.1) is 11.3 Å². The van der Waals surface area contributed by atoms with Crippen LogP contribution >= 0.6 is 11.3 Å². The molecule has 0 saturated carbocycles. The molecular weight excluding hydrogens is 241 g/mol. The number of nitrogens with one attached hydrogen (secondary N) is 1. The molecule has 17 heavy (non-hydrogen) atoms. The second-order valence-corrected chi connectivity index (χ2v) is 4.28. The number of pyridine rings is 1. The molecule has 6 heteroatoms. The van der Waals surface area contributed by atoms with Crippen molar-refractivity contribution in [2.45, 2.75) is 6.42 Å². The molecule has 0 spiro atoms. The molecule has 1 amide bonds. The highest BCUT2D eigenvalue weighted by atomic mass is 32.1. The predicted molar refractivity (Wildman–Crippen MR) is 62.3 cm³/mol. The second-order valence-electron chi connectivity index (χ2n) is 3.30. The molecular formula is C11H10FN3OS. The zero-order valence-corrected chi connectivity index (χ0v) is 9.71. The van der Waals surface area contributed by atoms with Crippen molar-refractivity contribution < 1.29 is 9.18 Å². The van der Waals surface area contributed by atoms with Gasteiger partial charge in [-0.05, 0) is 12.1 Å². The normalized spacial score (nSPS) is 10.2. The number of nitrogens with zero attached hydrogens (tertiary/aromatic N) is 2. The van der Waals surface area contributed by atoms with Crippen LogP contribution in [0.1, 0.15) is 15.4 Å². The average molecular weight is 251 g/mol. The van der Waals surface area contributed by atoms with Crippen LogP contribution in [-0.2, 0) is 6.42 Å². The number of rotatable bonds is 4. The number of aromatic nitrogens is 2. The number of carbonyl (C=O) groups excluding carboxylic acids is 1. The molecule has 4 nitrogen and oxygen atoms in total. The third-order valence-electron chi connectivity index (χ3n) is 2.10. The smallest absolute Gasteiger partial charge is 0.252 e. The van der Waals surface area contributed by atoms with Crippen molar-refractivity contribution in [3.05, 3.63) is 46.4 Å². The number of halogens is 1. The van der Waals surface area contributed by atoms with Crippen LogP contribution in [-0.4, -0.2) is 22.4 Å². The van der Waals surface area contributed by atoms with E-state index in [1.54, 1.807) is 17.5 Å². The minimum absolute atomic E-state index is 0.256. The van der Waals surface area contributed by atoms with Crippen LogP contribution in [0.4, 0.5) is 4.39 Å². The number of carbonyl (C=O) groups is 1. The first-order valence-corrected chi connectivity index (χ1v) is 5.92. The molecule has 2 aromatic heterocycles. The van der Waals surface area contributed by atoms with Crippen LogP contribution in [0.25, 0.3) is 0 Å². The van der Waals surface area contributed by atoms with Gasteiger partial charge < -0.3 is 5.32 Å². The van der Waals surface area contributed by atoms with Crippen molar-refractivity contribution >= 4 is 17.2 Å². The Morgan fingerprint density at radius 2 is 2.29 bits per heavy atom. The highest BCUT2D eigenvalue weighted by Gasteiger charge is 2.05. The highest BCUT2D eigenvalue weighted by molar-refractivity contribution is 7.09. The fraction of sp³-hybridized carbons (Fsp3) is 0.182. The first-order valence-electron chi connectivity index (χ1n) is 5.04. The minimum atomic E-state index is -0.593. The van der Waals surface area contributed by atoms with Crippen molar-refractivity contribution in [1.82, 2.24) is 15.3 Å². The number of thiazole rings is 1. The summed E-state index contributed by atoms with van der Waals surface area (Å²) in [5.41, 5.74) is 0.352. The summed E-state index contributed by atoms with van der Waals surface area (Å²) in [6.45, 7) is 0.504. The van der Waals surface area contributed by atoms with Gasteiger partial charge in [0.15, 0.2) is 0 Å². The Labute approximate surface area is 102 Å². The van der Waals surface area contributed by atoms with E-state index in [1.165, 1.54) is 12.3 Å². The summed E-state index contributed by atoms with van der Waals surface area (Å²) in [5.74, 6) is -0.849. The van der Waals surface area contributed by atoms with Crippen molar-refractivity contribution in [1.29, 1.82) is 0 Å². The van der Waals surface area contributed by atoms with Gasteiger partial charge in [0.1, 0.15) is 0 Å². The van der Waals surface area contributed by atoms with E-state index < -0.39 is 5.95 Å². The van der Waals surface area contributed by atoms with E-state index in [1.807, 2.05) is 5.38 Å². The topological polar surface area (TPSA) is 54.9 Å². The Kier molecular flexibility index (Phi) is 3.77. The van der Waals surface area contributed by atoms with Crippen LogP contribution in [0.2, 0.25) is 0 Å². The lowest BCUT2D eigenvalue weighted by Gasteiger charge is -2.03. The molecule has 0 fully saturated rings. The molecule has 0 aromatic carbocycles. The first-order chi connectivity index (χ1) is 8.25. The molecule has 0 aliphatic heterocycles. The molecule has 1 N–H and O–H groups in total. The van der Waals surface area contributed by atoms with Crippen LogP contribution in [0.3, 0.4) is 0 Å². The van der Waals surface area contributed by atoms with Gasteiger partial charge in [-0.2, -0.15) is 4.39 Å². The zero-order chi connectivity index (χ0) is 12.1. The van der Waals surface area contributed by atoms with E-state index in [9.17, 15) is 9.18 Å². The van der Waals surface area contributed by atoms with E-state index in [2.05, 4.69) is 15.3 Å².